The van der Waals surface area contributed by atoms with E-state index >= 15 is 0 Å². The van der Waals surface area contributed by atoms with Crippen LogP contribution in [0.5, 0.6) is 0 Å². The van der Waals surface area contributed by atoms with E-state index in [1.807, 2.05) is 24.4 Å². The van der Waals surface area contributed by atoms with Crippen molar-refractivity contribution in [1.82, 2.24) is 9.88 Å². The van der Waals surface area contributed by atoms with Crippen molar-refractivity contribution >= 4 is 29.9 Å². The monoisotopic (exact) mass is 360 g/mol. The average Bonchev–Trinajstić information content (AvgIpc) is 2.41. The quantitative estimate of drug-likeness (QED) is 0.510. The van der Waals surface area contributed by atoms with Crippen LogP contribution in [0, 0.1) is 0 Å². The van der Waals surface area contributed by atoms with E-state index < -0.39 is 0 Å². The molecular weight excluding hydrogens is 339 g/mol. The Hall–Kier alpha value is -0.850. The Kier molecular flexibility index (Phi) is 7.00. The van der Waals surface area contributed by atoms with E-state index in [-0.39, 0.29) is 24.0 Å². The van der Waals surface area contributed by atoms with Crippen LogP contribution in [0.4, 0.5) is 0 Å². The van der Waals surface area contributed by atoms with Gasteiger partial charge in [0.15, 0.2) is 5.96 Å². The number of nitrogens with two attached hydrogens (primary N) is 1. The van der Waals surface area contributed by atoms with Crippen LogP contribution in [0.3, 0.4) is 0 Å². The minimum Gasteiger partial charge on any atom is -0.370 e. The van der Waals surface area contributed by atoms with Crippen LogP contribution < -0.4 is 5.73 Å². The van der Waals surface area contributed by atoms with Crippen LogP contribution in [0.1, 0.15) is 25.0 Å². The topological polar surface area (TPSA) is 54.5 Å². The zero-order chi connectivity index (χ0) is 11.9. The third-order valence-electron chi connectivity index (χ3n) is 3.05. The molecule has 1 fully saturated rings. The van der Waals surface area contributed by atoms with Gasteiger partial charge in [-0.25, -0.2) is 0 Å². The van der Waals surface area contributed by atoms with Gasteiger partial charge in [-0.05, 0) is 31.4 Å². The normalized spacial score (nSPS) is 16.2. The summed E-state index contributed by atoms with van der Waals surface area (Å²) in [4.78, 5) is 10.9. The van der Waals surface area contributed by atoms with Gasteiger partial charge in [-0.15, -0.1) is 24.0 Å². The van der Waals surface area contributed by atoms with Gasteiger partial charge in [0.05, 0.1) is 0 Å². The Balaban J connectivity index is 0.00000162. The van der Waals surface area contributed by atoms with Gasteiger partial charge in [0.1, 0.15) is 0 Å². The number of pyridine rings is 1. The Morgan fingerprint density at radius 3 is 2.72 bits per heavy atom. The summed E-state index contributed by atoms with van der Waals surface area (Å²) in [5.74, 6) is 0.695. The molecule has 5 heteroatoms. The fraction of sp³-hybridized carbons (Fsp3) is 0.538. The van der Waals surface area contributed by atoms with Gasteiger partial charge in [-0.1, -0.05) is 6.07 Å². The van der Waals surface area contributed by atoms with Gasteiger partial charge < -0.3 is 10.6 Å². The number of aromatic nitrogens is 1. The van der Waals surface area contributed by atoms with E-state index in [0.717, 1.165) is 31.7 Å². The molecule has 2 heterocycles. The Labute approximate surface area is 126 Å². The molecule has 1 saturated heterocycles. The molecule has 1 aromatic rings. The fourth-order valence-electron chi connectivity index (χ4n) is 2.05. The second kappa shape index (κ2) is 8.29. The third-order valence-corrected chi connectivity index (χ3v) is 3.05. The summed E-state index contributed by atoms with van der Waals surface area (Å²) in [6.45, 7) is 2.83. The van der Waals surface area contributed by atoms with Gasteiger partial charge in [0.2, 0.25) is 0 Å². The molecule has 100 valence electrons. The summed E-state index contributed by atoms with van der Waals surface area (Å²) >= 11 is 0. The molecule has 0 aromatic carbocycles. The van der Waals surface area contributed by atoms with E-state index in [2.05, 4.69) is 14.9 Å². The smallest absolute Gasteiger partial charge is 0.191 e. The van der Waals surface area contributed by atoms with Crippen molar-refractivity contribution in [3.05, 3.63) is 30.1 Å². The first-order valence-electron chi connectivity index (χ1n) is 6.31. The molecule has 0 radical (unpaired) electrons. The van der Waals surface area contributed by atoms with Gasteiger partial charge >= 0.3 is 0 Å². The van der Waals surface area contributed by atoms with Crippen molar-refractivity contribution in [2.45, 2.75) is 25.7 Å². The summed E-state index contributed by atoms with van der Waals surface area (Å²) in [6, 6.07) is 5.95. The molecule has 18 heavy (non-hydrogen) atoms. The summed E-state index contributed by atoms with van der Waals surface area (Å²) in [5, 5.41) is 0. The first-order chi connectivity index (χ1) is 8.36. The summed E-state index contributed by atoms with van der Waals surface area (Å²) < 4.78 is 0. The summed E-state index contributed by atoms with van der Waals surface area (Å²) in [7, 11) is 0. The third kappa shape index (κ3) is 4.80. The Morgan fingerprint density at radius 1 is 1.28 bits per heavy atom. The maximum absolute atomic E-state index is 5.97. The van der Waals surface area contributed by atoms with Crippen molar-refractivity contribution in [2.24, 2.45) is 10.7 Å². The number of halogens is 1. The predicted octanol–water partition coefficient (Wildman–Crippen LogP) is 2.04. The molecule has 0 atom stereocenters. The average molecular weight is 360 g/mol. The van der Waals surface area contributed by atoms with Crippen LogP contribution in [0.2, 0.25) is 0 Å². The van der Waals surface area contributed by atoms with Crippen LogP contribution in [0.15, 0.2) is 29.4 Å². The van der Waals surface area contributed by atoms with E-state index in [1.54, 1.807) is 0 Å². The highest BCUT2D eigenvalue weighted by Gasteiger charge is 2.11. The van der Waals surface area contributed by atoms with Crippen molar-refractivity contribution in [1.29, 1.82) is 0 Å². The molecule has 0 amide bonds. The zero-order valence-corrected chi connectivity index (χ0v) is 12.9. The molecule has 0 bridgehead atoms. The van der Waals surface area contributed by atoms with Gasteiger partial charge in [0.25, 0.3) is 0 Å². The number of nitrogens with zero attached hydrogens (tertiary/aromatic N) is 3. The predicted molar refractivity (Wildman–Crippen MR) is 85.3 cm³/mol. The van der Waals surface area contributed by atoms with E-state index in [9.17, 15) is 0 Å². The largest absolute Gasteiger partial charge is 0.370 e. The number of likely N-dealkylation sites (tertiary alicyclic amines) is 1. The number of hydrogen-bond acceptors (Lipinski definition) is 2. The Morgan fingerprint density at radius 2 is 2.06 bits per heavy atom. The van der Waals surface area contributed by atoms with Crippen LogP contribution in [-0.2, 0) is 6.42 Å². The SMILES string of the molecule is I.NC(=NCCc1ccccn1)N1CCCCC1. The summed E-state index contributed by atoms with van der Waals surface area (Å²) in [5.41, 5.74) is 7.04. The number of piperidine rings is 1. The lowest BCUT2D eigenvalue weighted by Crippen LogP contribution is -2.41. The van der Waals surface area contributed by atoms with Crippen molar-refractivity contribution < 1.29 is 0 Å². The lowest BCUT2D eigenvalue weighted by atomic mass is 10.1. The maximum Gasteiger partial charge on any atom is 0.191 e. The van der Waals surface area contributed by atoms with Gasteiger partial charge in [-0.3, -0.25) is 9.98 Å². The van der Waals surface area contributed by atoms with E-state index in [4.69, 9.17) is 5.73 Å². The first-order valence-corrected chi connectivity index (χ1v) is 6.31. The lowest BCUT2D eigenvalue weighted by molar-refractivity contribution is 0.338. The second-order valence-corrected chi connectivity index (χ2v) is 4.36. The number of rotatable bonds is 3. The van der Waals surface area contributed by atoms with Gasteiger partial charge in [0, 0.05) is 37.9 Å². The minimum absolute atomic E-state index is 0. The summed E-state index contributed by atoms with van der Waals surface area (Å²) in [6.07, 6.45) is 6.45. The number of hydrogen-bond donors (Lipinski definition) is 1. The zero-order valence-electron chi connectivity index (χ0n) is 10.6. The first kappa shape index (κ1) is 15.2. The van der Waals surface area contributed by atoms with Crippen molar-refractivity contribution in [3.63, 3.8) is 0 Å². The minimum atomic E-state index is 0. The highest BCUT2D eigenvalue weighted by atomic mass is 127. The highest BCUT2D eigenvalue weighted by molar-refractivity contribution is 14.0. The number of aliphatic imine (C=N–C) groups is 1. The van der Waals surface area contributed by atoms with Crippen LogP contribution >= 0.6 is 24.0 Å². The molecule has 1 aromatic heterocycles. The molecule has 2 N–H and O–H groups in total. The maximum atomic E-state index is 5.97. The molecule has 2 rings (SSSR count). The van der Waals surface area contributed by atoms with Crippen molar-refractivity contribution in [2.75, 3.05) is 19.6 Å². The molecule has 0 unspecified atom stereocenters. The van der Waals surface area contributed by atoms with Crippen molar-refractivity contribution in [3.8, 4) is 0 Å². The molecule has 0 saturated carbocycles. The van der Waals surface area contributed by atoms with Crippen LogP contribution in [-0.4, -0.2) is 35.5 Å². The van der Waals surface area contributed by atoms with Gasteiger partial charge in [-0.2, -0.15) is 0 Å². The highest BCUT2D eigenvalue weighted by Crippen LogP contribution is 2.07. The van der Waals surface area contributed by atoms with E-state index in [0.29, 0.717) is 5.96 Å². The molecule has 0 aliphatic carbocycles. The van der Waals surface area contributed by atoms with E-state index in [1.165, 1.54) is 19.3 Å². The Bertz CT molecular complexity index is 361. The molecular formula is C13H21IN4. The fourth-order valence-corrected chi connectivity index (χ4v) is 2.05. The second-order valence-electron chi connectivity index (χ2n) is 4.36. The molecule has 0 spiro atoms. The molecule has 1 aliphatic rings. The number of guanidine groups is 1. The standard InChI is InChI=1S/C13H20N4.HI/c14-13(17-10-4-1-5-11-17)16-9-7-12-6-2-3-8-15-12;/h2-3,6,8H,1,4-5,7,9-11H2,(H2,14,16);1H. The molecule has 4 nitrogen and oxygen atoms in total. The lowest BCUT2D eigenvalue weighted by Gasteiger charge is -2.27. The van der Waals surface area contributed by atoms with Crippen LogP contribution in [0.25, 0.3) is 0 Å². The molecule has 1 aliphatic heterocycles.